The molecule has 1 saturated heterocycles. The molecule has 1 aliphatic heterocycles. The molecule has 1 aromatic heterocycles. The number of benzene rings is 3. The van der Waals surface area contributed by atoms with Gasteiger partial charge in [0.15, 0.2) is 11.4 Å². The molecular weight excluding hydrogens is 536 g/mol. The lowest BCUT2D eigenvalue weighted by molar-refractivity contribution is -0.268. The zero-order valence-electron chi connectivity index (χ0n) is 22.9. The summed E-state index contributed by atoms with van der Waals surface area (Å²) in [5.74, 6) is 0.747. The summed E-state index contributed by atoms with van der Waals surface area (Å²) in [5, 5.41) is 16.0. The first kappa shape index (κ1) is 28.8. The quantitative estimate of drug-likeness (QED) is 0.170. The van der Waals surface area contributed by atoms with E-state index in [1.807, 2.05) is 78.9 Å². The highest BCUT2D eigenvalue weighted by Crippen LogP contribution is 2.42. The van der Waals surface area contributed by atoms with Crippen molar-refractivity contribution in [3.8, 4) is 0 Å². The molecule has 8 nitrogen and oxygen atoms in total. The van der Waals surface area contributed by atoms with Gasteiger partial charge in [-0.2, -0.15) is 0 Å². The molecule has 0 spiro atoms. The Hall–Kier alpha value is -3.76. The zero-order chi connectivity index (χ0) is 28.4. The molecule has 4 atom stereocenters. The number of aliphatic hydroxyl groups excluding tert-OH is 1. The van der Waals surface area contributed by atoms with Gasteiger partial charge in [-0.15, -0.1) is 0 Å². The van der Waals surface area contributed by atoms with Crippen molar-refractivity contribution >= 4 is 17.8 Å². The zero-order valence-corrected chi connectivity index (χ0v) is 23.7. The third-order valence-electron chi connectivity index (χ3n) is 7.04. The Balaban J connectivity index is 1.24. The first-order valence-electron chi connectivity index (χ1n) is 13.6. The molecule has 0 saturated carbocycles. The van der Waals surface area contributed by atoms with Crippen molar-refractivity contribution in [2.75, 3.05) is 5.75 Å². The highest BCUT2D eigenvalue weighted by atomic mass is 32.2. The molecule has 4 aromatic rings. The molecule has 0 unspecified atom stereocenters. The third kappa shape index (κ3) is 7.92. The Kier molecular flexibility index (Phi) is 9.98. The van der Waals surface area contributed by atoms with Crippen LogP contribution in [0, 0.1) is 5.92 Å². The number of amides is 2. The Morgan fingerprint density at radius 1 is 0.805 bits per heavy atom. The second-order valence-corrected chi connectivity index (χ2v) is 10.9. The average molecular weight is 571 g/mol. The van der Waals surface area contributed by atoms with Crippen molar-refractivity contribution in [3.63, 3.8) is 0 Å². The van der Waals surface area contributed by atoms with E-state index in [0.717, 1.165) is 27.8 Å². The highest BCUT2D eigenvalue weighted by Gasteiger charge is 2.38. The van der Waals surface area contributed by atoms with E-state index in [2.05, 4.69) is 27.5 Å². The fraction of sp³-hybridized carbons (Fsp3) is 0.281. The van der Waals surface area contributed by atoms with Crippen molar-refractivity contribution in [2.24, 2.45) is 5.92 Å². The van der Waals surface area contributed by atoms with Crippen LogP contribution < -0.4 is 10.6 Å². The molecule has 2 amide bonds. The number of carbonyl (C=O) groups excluding carboxylic acids is 1. The molecule has 1 fully saturated rings. The lowest BCUT2D eigenvalue weighted by Crippen LogP contribution is -2.38. The predicted octanol–water partition coefficient (Wildman–Crippen LogP) is 5.55. The normalized spacial score (nSPS) is 20.3. The lowest BCUT2D eigenvalue weighted by Gasteiger charge is -2.41. The van der Waals surface area contributed by atoms with Gasteiger partial charge >= 0.3 is 6.03 Å². The molecular formula is C32H34N4O4S. The number of hydrogen-bond donors (Lipinski definition) is 3. The summed E-state index contributed by atoms with van der Waals surface area (Å²) < 4.78 is 13.0. The molecule has 1 aliphatic rings. The van der Waals surface area contributed by atoms with E-state index in [1.165, 1.54) is 0 Å². The van der Waals surface area contributed by atoms with E-state index in [9.17, 15) is 9.90 Å². The van der Waals surface area contributed by atoms with Gasteiger partial charge in [-0.1, -0.05) is 97.5 Å². The van der Waals surface area contributed by atoms with Crippen molar-refractivity contribution in [2.45, 2.75) is 50.3 Å². The van der Waals surface area contributed by atoms with Crippen molar-refractivity contribution < 1.29 is 19.4 Å². The van der Waals surface area contributed by atoms with Crippen LogP contribution in [-0.4, -0.2) is 33.0 Å². The summed E-state index contributed by atoms with van der Waals surface area (Å²) in [6, 6.07) is 27.2. The first-order valence-corrected chi connectivity index (χ1v) is 14.6. The maximum atomic E-state index is 12.3. The first-order chi connectivity index (χ1) is 20.1. The van der Waals surface area contributed by atoms with Gasteiger partial charge in [0.2, 0.25) is 0 Å². The Labute approximate surface area is 244 Å². The molecule has 212 valence electrons. The second-order valence-electron chi connectivity index (χ2n) is 9.93. The number of nitrogens with zero attached hydrogens (tertiary/aromatic N) is 2. The van der Waals surface area contributed by atoms with Gasteiger partial charge in [0, 0.05) is 42.7 Å². The van der Waals surface area contributed by atoms with Crippen molar-refractivity contribution in [3.05, 3.63) is 125 Å². The van der Waals surface area contributed by atoms with E-state index in [-0.39, 0.29) is 30.8 Å². The van der Waals surface area contributed by atoms with Crippen LogP contribution in [-0.2, 0) is 29.2 Å². The minimum Gasteiger partial charge on any atom is -0.392 e. The van der Waals surface area contributed by atoms with Crippen molar-refractivity contribution in [1.29, 1.82) is 0 Å². The molecule has 9 heteroatoms. The van der Waals surface area contributed by atoms with Gasteiger partial charge in [0.25, 0.3) is 0 Å². The maximum absolute atomic E-state index is 12.3. The van der Waals surface area contributed by atoms with Crippen LogP contribution in [0.1, 0.15) is 47.1 Å². The van der Waals surface area contributed by atoms with E-state index < -0.39 is 6.29 Å². The van der Waals surface area contributed by atoms with Crippen LogP contribution in [0.5, 0.6) is 0 Å². The van der Waals surface area contributed by atoms with Crippen LogP contribution in [0.2, 0.25) is 0 Å². The molecule has 3 aromatic carbocycles. The number of hydrogen-bond acceptors (Lipinski definition) is 7. The van der Waals surface area contributed by atoms with Gasteiger partial charge < -0.3 is 25.2 Å². The van der Waals surface area contributed by atoms with E-state index in [4.69, 9.17) is 9.47 Å². The van der Waals surface area contributed by atoms with Gasteiger partial charge in [0.05, 0.1) is 18.8 Å². The fourth-order valence-electron chi connectivity index (χ4n) is 4.64. The SMILES string of the molecule is C[C@H]1[C@@H](CSc2ncccn2)O[C@@H](c2ccc(CNC(=O)NCc3ccccc3)cc2)O[C@H]1c1ccc(CO)cc1. The van der Waals surface area contributed by atoms with Gasteiger partial charge in [-0.05, 0) is 28.3 Å². The summed E-state index contributed by atoms with van der Waals surface area (Å²) in [4.78, 5) is 20.9. The molecule has 5 rings (SSSR count). The number of thioether (sulfide) groups is 1. The largest absolute Gasteiger partial charge is 0.392 e. The van der Waals surface area contributed by atoms with Crippen LogP contribution in [0.15, 0.2) is 102 Å². The molecule has 3 N–H and O–H groups in total. The van der Waals surface area contributed by atoms with Crippen LogP contribution in [0.4, 0.5) is 4.79 Å². The summed E-state index contributed by atoms with van der Waals surface area (Å²) in [6.07, 6.45) is 2.60. The monoisotopic (exact) mass is 570 g/mol. The molecule has 0 aliphatic carbocycles. The third-order valence-corrected chi connectivity index (χ3v) is 8.01. The fourth-order valence-corrected chi connectivity index (χ4v) is 5.61. The highest BCUT2D eigenvalue weighted by molar-refractivity contribution is 7.99. The Bertz CT molecular complexity index is 1370. The molecule has 41 heavy (non-hydrogen) atoms. The predicted molar refractivity (Wildman–Crippen MR) is 158 cm³/mol. The topological polar surface area (TPSA) is 106 Å². The number of urea groups is 1. The Morgan fingerprint density at radius 2 is 1.41 bits per heavy atom. The minimum atomic E-state index is -0.563. The van der Waals surface area contributed by atoms with Gasteiger partial charge in [-0.3, -0.25) is 0 Å². The number of aromatic nitrogens is 2. The van der Waals surface area contributed by atoms with Crippen molar-refractivity contribution in [1.82, 2.24) is 20.6 Å². The van der Waals surface area contributed by atoms with Crippen LogP contribution in [0.3, 0.4) is 0 Å². The number of aliphatic hydroxyl groups is 1. The van der Waals surface area contributed by atoms with E-state index in [1.54, 1.807) is 30.2 Å². The number of carbonyl (C=O) groups is 1. The van der Waals surface area contributed by atoms with E-state index >= 15 is 0 Å². The number of nitrogens with one attached hydrogen (secondary N) is 2. The molecule has 0 bridgehead atoms. The van der Waals surface area contributed by atoms with Crippen LogP contribution in [0.25, 0.3) is 0 Å². The van der Waals surface area contributed by atoms with Gasteiger partial charge in [0.1, 0.15) is 0 Å². The van der Waals surface area contributed by atoms with Crippen LogP contribution >= 0.6 is 11.8 Å². The summed E-state index contributed by atoms with van der Waals surface area (Å²) >= 11 is 1.56. The number of ether oxygens (including phenoxy) is 2. The summed E-state index contributed by atoms with van der Waals surface area (Å²) in [6.45, 7) is 3.01. The van der Waals surface area contributed by atoms with E-state index in [0.29, 0.717) is 24.0 Å². The second kappa shape index (κ2) is 14.2. The Morgan fingerprint density at radius 3 is 2.07 bits per heavy atom. The average Bonchev–Trinajstić information content (AvgIpc) is 3.03. The van der Waals surface area contributed by atoms with Gasteiger partial charge in [-0.25, -0.2) is 14.8 Å². The number of rotatable bonds is 10. The summed E-state index contributed by atoms with van der Waals surface area (Å²) in [7, 11) is 0. The maximum Gasteiger partial charge on any atom is 0.315 e. The standard InChI is InChI=1S/C32H34N4O4S/c1-22-28(21-41-32-33-16-5-17-34-32)39-30(40-29(22)26-12-10-25(20-37)11-13-26)27-14-8-24(9-15-27)19-36-31(38)35-18-23-6-3-2-4-7-23/h2-17,22,28-30,37H,18-21H2,1H3,(H2,35,36,38)/t22-,28+,29+,30+/m0/s1. The minimum absolute atomic E-state index is 0.000669. The lowest BCUT2D eigenvalue weighted by atomic mass is 9.91. The summed E-state index contributed by atoms with van der Waals surface area (Å²) in [5.41, 5.74) is 4.81. The smallest absolute Gasteiger partial charge is 0.315 e. The molecule has 2 heterocycles. The molecule has 0 radical (unpaired) electrons.